The van der Waals surface area contributed by atoms with E-state index in [1.807, 2.05) is 40.7 Å². The summed E-state index contributed by atoms with van der Waals surface area (Å²) in [7, 11) is 3.50. The average molecular weight is 550 g/mol. The normalized spacial score (nSPS) is 17.5. The second-order valence-corrected chi connectivity index (χ2v) is 11.8. The van der Waals surface area contributed by atoms with Crippen LogP contribution in [0, 0.1) is 11.3 Å². The van der Waals surface area contributed by atoms with Crippen LogP contribution in [-0.4, -0.2) is 83.0 Å². The van der Waals surface area contributed by atoms with Crippen molar-refractivity contribution in [3.63, 3.8) is 0 Å². The number of nitriles is 1. The summed E-state index contributed by atoms with van der Waals surface area (Å²) in [5.41, 5.74) is 3.25. The molecule has 3 amide bonds. The van der Waals surface area contributed by atoms with Gasteiger partial charge in [-0.1, -0.05) is 0 Å². The molecule has 10 nitrogen and oxygen atoms in total. The van der Waals surface area contributed by atoms with E-state index in [9.17, 15) is 14.9 Å². The van der Waals surface area contributed by atoms with E-state index in [1.54, 1.807) is 12.0 Å². The van der Waals surface area contributed by atoms with Crippen molar-refractivity contribution in [3.05, 3.63) is 40.6 Å². The summed E-state index contributed by atoms with van der Waals surface area (Å²) >= 11 is 2.00. The Balaban J connectivity index is 1.29. The molecule has 3 aliphatic rings. The molecule has 0 radical (unpaired) electrons. The molecule has 39 heavy (non-hydrogen) atoms. The lowest BCUT2D eigenvalue weighted by Gasteiger charge is -2.33. The lowest BCUT2D eigenvalue weighted by Crippen LogP contribution is -2.48. The van der Waals surface area contributed by atoms with E-state index >= 15 is 0 Å². The highest BCUT2D eigenvalue weighted by atomic mass is 32.2. The van der Waals surface area contributed by atoms with Crippen LogP contribution >= 0.6 is 11.8 Å². The maximum absolute atomic E-state index is 13.4. The molecular formula is C28H35N7O3S. The number of nitrogens with zero attached hydrogens (tertiary/aromatic N) is 6. The Morgan fingerprint density at radius 2 is 2.10 bits per heavy atom. The summed E-state index contributed by atoms with van der Waals surface area (Å²) in [5.74, 6) is 2.56. The maximum atomic E-state index is 13.4. The van der Waals surface area contributed by atoms with Crippen LogP contribution in [0.2, 0.25) is 0 Å². The zero-order chi connectivity index (χ0) is 27.4. The Labute approximate surface area is 233 Å². The van der Waals surface area contributed by atoms with Gasteiger partial charge in [-0.25, -0.2) is 9.78 Å². The minimum absolute atomic E-state index is 0.0838. The number of methoxy groups -OCH3 is 1. The van der Waals surface area contributed by atoms with E-state index in [2.05, 4.69) is 16.4 Å². The first kappa shape index (κ1) is 27.2. The predicted molar refractivity (Wildman–Crippen MR) is 151 cm³/mol. The molecule has 1 N–H and O–H groups in total. The Morgan fingerprint density at radius 3 is 2.85 bits per heavy atom. The van der Waals surface area contributed by atoms with Crippen molar-refractivity contribution >= 4 is 35.3 Å². The first-order valence-corrected chi connectivity index (χ1v) is 14.6. The minimum atomic E-state index is -0.319. The zero-order valence-corrected chi connectivity index (χ0v) is 23.4. The van der Waals surface area contributed by atoms with Gasteiger partial charge in [0, 0.05) is 36.6 Å². The number of ether oxygens (including phenoxy) is 1. The third kappa shape index (κ3) is 6.62. The average Bonchev–Trinajstić information content (AvgIpc) is 3.76. The number of aromatic nitrogens is 2. The van der Waals surface area contributed by atoms with Crippen LogP contribution in [0.4, 0.5) is 16.4 Å². The second kappa shape index (κ2) is 12.2. The molecule has 1 saturated carbocycles. The molecule has 0 atom stereocenters. The molecule has 0 bridgehead atoms. The summed E-state index contributed by atoms with van der Waals surface area (Å²) in [6.07, 6.45) is 7.52. The van der Waals surface area contributed by atoms with E-state index in [0.29, 0.717) is 49.3 Å². The largest absolute Gasteiger partial charge is 0.481 e. The number of pyridine rings is 2. The van der Waals surface area contributed by atoms with Crippen LogP contribution in [0.25, 0.3) is 0 Å². The van der Waals surface area contributed by atoms with E-state index in [0.717, 1.165) is 59.9 Å². The maximum Gasteiger partial charge on any atom is 0.328 e. The molecule has 5 rings (SSSR count). The molecular weight excluding hydrogens is 514 g/mol. The molecule has 206 valence electrons. The fourth-order valence-electron chi connectivity index (χ4n) is 5.01. The summed E-state index contributed by atoms with van der Waals surface area (Å²) in [4.78, 5) is 40.4. The topological polar surface area (TPSA) is 115 Å². The lowest BCUT2D eigenvalue weighted by atomic mass is 10.0. The van der Waals surface area contributed by atoms with Gasteiger partial charge in [-0.05, 0) is 74.6 Å². The Bertz CT molecular complexity index is 1280. The first-order chi connectivity index (χ1) is 18.9. The van der Waals surface area contributed by atoms with E-state index in [4.69, 9.17) is 9.72 Å². The summed E-state index contributed by atoms with van der Waals surface area (Å²) in [5, 5.41) is 13.3. The van der Waals surface area contributed by atoms with Crippen molar-refractivity contribution in [1.29, 1.82) is 5.26 Å². The number of fused-ring (bicyclic) bond motifs is 1. The second-order valence-electron chi connectivity index (χ2n) is 10.4. The van der Waals surface area contributed by atoms with Crippen LogP contribution in [0.3, 0.4) is 0 Å². The molecule has 11 heteroatoms. The highest BCUT2D eigenvalue weighted by Crippen LogP contribution is 2.35. The Morgan fingerprint density at radius 1 is 1.26 bits per heavy atom. The molecule has 0 unspecified atom stereocenters. The van der Waals surface area contributed by atoms with Gasteiger partial charge in [0.25, 0.3) is 0 Å². The van der Waals surface area contributed by atoms with Gasteiger partial charge in [-0.2, -0.15) is 22.0 Å². The fraction of sp³-hybridized carbons (Fsp3) is 0.536. The van der Waals surface area contributed by atoms with Crippen LogP contribution in [0.1, 0.15) is 47.9 Å². The number of carbonyl (C=O) groups excluding carboxylic acids is 2. The van der Waals surface area contributed by atoms with Crippen molar-refractivity contribution in [2.75, 3.05) is 56.3 Å². The summed E-state index contributed by atoms with van der Waals surface area (Å²) in [6.45, 7) is 2.83. The van der Waals surface area contributed by atoms with Crippen molar-refractivity contribution < 1.29 is 14.3 Å². The molecule has 0 spiro atoms. The number of carbonyl (C=O) groups is 2. The number of amides is 3. The number of likely N-dealkylation sites (N-methyl/N-ethyl adjacent to an activating group) is 1. The van der Waals surface area contributed by atoms with E-state index < -0.39 is 0 Å². The molecule has 0 aromatic carbocycles. The molecule has 1 saturated heterocycles. The molecule has 1 aliphatic carbocycles. The fourth-order valence-corrected chi connectivity index (χ4v) is 6.13. The quantitative estimate of drug-likeness (QED) is 0.473. The van der Waals surface area contributed by atoms with Gasteiger partial charge in [0.05, 0.1) is 25.8 Å². The standard InChI is InChI=1S/C28H35N7O3S/c1-33-10-11-34(25(36)18-33)17-21-13-20-5-3-9-35(26(20)32-27(21)38-2)28(37)31-24-14-19(22(15-29)16-30-24)6-4-12-39-23-7-8-23/h13-14,16,23H,3-12,17-18H2,1-2H3,(H,30,31,37). The van der Waals surface area contributed by atoms with Gasteiger partial charge in [0.1, 0.15) is 17.7 Å². The van der Waals surface area contributed by atoms with Crippen LogP contribution < -0.4 is 15.0 Å². The Kier molecular flexibility index (Phi) is 8.53. The summed E-state index contributed by atoms with van der Waals surface area (Å²) < 4.78 is 5.60. The number of thioether (sulfide) groups is 1. The lowest BCUT2D eigenvalue weighted by molar-refractivity contribution is -0.136. The number of nitrogens with one attached hydrogen (secondary N) is 1. The van der Waals surface area contributed by atoms with Gasteiger partial charge in [-0.15, -0.1) is 0 Å². The SMILES string of the molecule is COc1nc2c(cc1CN1CCN(C)CC1=O)CCCN2C(=O)Nc1cc(CCCSC2CC2)c(C#N)cn1. The van der Waals surface area contributed by atoms with Crippen molar-refractivity contribution in [3.8, 4) is 11.9 Å². The number of hydrogen-bond donors (Lipinski definition) is 1. The number of rotatable bonds is 9. The smallest absolute Gasteiger partial charge is 0.328 e. The van der Waals surface area contributed by atoms with Gasteiger partial charge in [-0.3, -0.25) is 19.9 Å². The molecule has 2 aromatic rings. The predicted octanol–water partition coefficient (Wildman–Crippen LogP) is 3.44. The third-order valence-electron chi connectivity index (χ3n) is 7.32. The zero-order valence-electron chi connectivity index (χ0n) is 22.6. The van der Waals surface area contributed by atoms with Crippen LogP contribution in [0.5, 0.6) is 5.88 Å². The number of anilines is 2. The van der Waals surface area contributed by atoms with Crippen molar-refractivity contribution in [1.82, 2.24) is 19.8 Å². The van der Waals surface area contributed by atoms with Crippen LogP contribution in [0.15, 0.2) is 18.3 Å². The highest BCUT2D eigenvalue weighted by Gasteiger charge is 2.29. The molecule has 2 aliphatic heterocycles. The Hall–Kier alpha value is -3.36. The van der Waals surface area contributed by atoms with Crippen molar-refractivity contribution in [2.45, 2.75) is 50.3 Å². The number of urea groups is 1. The number of piperazine rings is 1. The van der Waals surface area contributed by atoms with Gasteiger partial charge in [0.2, 0.25) is 11.8 Å². The van der Waals surface area contributed by atoms with Crippen LogP contribution in [-0.2, 0) is 24.2 Å². The van der Waals surface area contributed by atoms with E-state index in [-0.39, 0.29) is 11.9 Å². The van der Waals surface area contributed by atoms with Gasteiger partial charge >= 0.3 is 6.03 Å². The number of hydrogen-bond acceptors (Lipinski definition) is 8. The van der Waals surface area contributed by atoms with Gasteiger partial charge < -0.3 is 9.64 Å². The molecule has 4 heterocycles. The molecule has 2 aromatic heterocycles. The van der Waals surface area contributed by atoms with Gasteiger partial charge in [0.15, 0.2) is 0 Å². The third-order valence-corrected chi connectivity index (χ3v) is 8.79. The minimum Gasteiger partial charge on any atom is -0.481 e. The first-order valence-electron chi connectivity index (χ1n) is 13.6. The molecule has 2 fully saturated rings. The van der Waals surface area contributed by atoms with E-state index in [1.165, 1.54) is 19.0 Å². The van der Waals surface area contributed by atoms with Crippen molar-refractivity contribution in [2.24, 2.45) is 0 Å². The highest BCUT2D eigenvalue weighted by molar-refractivity contribution is 8.00. The summed E-state index contributed by atoms with van der Waals surface area (Å²) in [6, 6.07) is 5.73. The monoisotopic (exact) mass is 549 g/mol. The number of aryl methyl sites for hydroxylation is 2.